The van der Waals surface area contributed by atoms with Crippen molar-refractivity contribution in [2.45, 2.75) is 6.04 Å². The highest BCUT2D eigenvalue weighted by molar-refractivity contribution is 15.0. The molecule has 0 aromatic rings. The zero-order valence-electron chi connectivity index (χ0n) is 7.21. The molecule has 0 bridgehead atoms. The molecule has 1 aliphatic heterocycles. The van der Waals surface area contributed by atoms with Crippen LogP contribution in [0.5, 0.6) is 0 Å². The molecule has 0 saturated carbocycles. The average Bonchev–Trinajstić information content (AvgIpc) is 2.68. The third kappa shape index (κ3) is 4.68. The number of thioether (sulfide) groups is 1. The van der Waals surface area contributed by atoms with E-state index in [1.807, 2.05) is 0 Å². The maximum atomic E-state index is 10.9. The number of aliphatic imine (C=N–C) groups is 1. The second-order valence-corrected chi connectivity index (χ2v) is 3.07. The average molecular weight is 428 g/mol. The third-order valence-corrected chi connectivity index (χ3v) is 2.45. The van der Waals surface area contributed by atoms with Crippen LogP contribution in [0.15, 0.2) is 4.99 Å². The fourth-order valence-corrected chi connectivity index (χ4v) is 1.69. The Balaban J connectivity index is 0.000000671. The molecule has 4 nitrogen and oxygen atoms in total. The number of nitrogens with one attached hydrogen (secondary N) is 1. The van der Waals surface area contributed by atoms with Gasteiger partial charge in [0.25, 0.3) is 0 Å². The van der Waals surface area contributed by atoms with Crippen molar-refractivity contribution in [1.29, 1.82) is 0 Å². The molecule has 0 aromatic carbocycles. The quantitative estimate of drug-likeness (QED) is 0.510. The van der Waals surface area contributed by atoms with Crippen molar-refractivity contribution >= 4 is 60.1 Å². The normalized spacial score (nSPS) is 23.1. The fourth-order valence-electron chi connectivity index (χ4n) is 0.793. The van der Waals surface area contributed by atoms with Gasteiger partial charge in [0, 0.05) is 50.0 Å². The first kappa shape index (κ1) is 13.8. The van der Waals surface area contributed by atoms with E-state index in [0.717, 1.165) is 5.17 Å². The summed E-state index contributed by atoms with van der Waals surface area (Å²) in [6, 6.07) is -0.219. The summed E-state index contributed by atoms with van der Waals surface area (Å²) in [6.07, 6.45) is 0. The van der Waals surface area contributed by atoms with Crippen molar-refractivity contribution in [2.24, 2.45) is 4.99 Å². The van der Waals surface area contributed by atoms with Crippen LogP contribution < -0.4 is 5.32 Å². The minimum Gasteiger partial charge on any atom is -0.467 e. The Hall–Kier alpha value is 0.750. The summed E-state index contributed by atoms with van der Waals surface area (Å²) in [5, 5.41) is 3.74. The Labute approximate surface area is 105 Å². The van der Waals surface area contributed by atoms with E-state index in [2.05, 4.69) is 52.3 Å². The summed E-state index contributed by atoms with van der Waals surface area (Å²) in [5.74, 6) is 0.482. The van der Waals surface area contributed by atoms with E-state index in [0.29, 0.717) is 5.75 Å². The molecule has 0 aliphatic carbocycles. The van der Waals surface area contributed by atoms with E-state index in [-0.39, 0.29) is 12.0 Å². The fraction of sp³-hybridized carbons (Fsp3) is 0.667. The Morgan fingerprint density at radius 3 is 2.77 bits per heavy atom. The van der Waals surface area contributed by atoms with E-state index < -0.39 is 0 Å². The molecule has 7 heteroatoms. The van der Waals surface area contributed by atoms with Gasteiger partial charge in [-0.05, 0) is 0 Å². The molecule has 1 fully saturated rings. The van der Waals surface area contributed by atoms with Crippen molar-refractivity contribution in [3.63, 3.8) is 0 Å². The van der Waals surface area contributed by atoms with Gasteiger partial charge < -0.3 is 10.1 Å². The van der Waals surface area contributed by atoms with Crippen LogP contribution in [-0.4, -0.2) is 37.1 Å². The van der Waals surface area contributed by atoms with Crippen molar-refractivity contribution in [1.82, 2.24) is 5.32 Å². The highest BCUT2D eigenvalue weighted by atomic mass is 128. The van der Waals surface area contributed by atoms with Crippen LogP contribution in [0.2, 0.25) is 0 Å². The van der Waals surface area contributed by atoms with E-state index in [1.54, 1.807) is 7.05 Å². The predicted molar refractivity (Wildman–Crippen MR) is 72.8 cm³/mol. The number of halogens is 2. The lowest BCUT2D eigenvalue weighted by Gasteiger charge is -2.05. The maximum absolute atomic E-state index is 10.9. The summed E-state index contributed by atoms with van der Waals surface area (Å²) < 4.78 is 4.56. The summed E-state index contributed by atoms with van der Waals surface area (Å²) >= 11 is 5.77. The third-order valence-electron chi connectivity index (χ3n) is 1.37. The number of carbonyl (C=O) groups excluding carboxylic acids is 1. The van der Waals surface area contributed by atoms with E-state index in [4.69, 9.17) is 0 Å². The Kier molecular flexibility index (Phi) is 8.56. The van der Waals surface area contributed by atoms with E-state index in [9.17, 15) is 4.79 Å². The van der Waals surface area contributed by atoms with Crippen molar-refractivity contribution in [3.05, 3.63) is 0 Å². The highest BCUT2D eigenvalue weighted by Gasteiger charge is 2.26. The summed E-state index contributed by atoms with van der Waals surface area (Å²) in [7, 11) is 3.07. The minimum absolute atomic E-state index is 0.219. The second kappa shape index (κ2) is 8.09. The van der Waals surface area contributed by atoms with Gasteiger partial charge in [-0.15, -0.1) is 0 Å². The van der Waals surface area contributed by atoms with Gasteiger partial charge in [-0.3, -0.25) is 4.99 Å². The van der Waals surface area contributed by atoms with E-state index >= 15 is 0 Å². The number of esters is 1. The lowest BCUT2D eigenvalue weighted by molar-refractivity contribution is -0.141. The van der Waals surface area contributed by atoms with Crippen LogP contribution in [0.4, 0.5) is 0 Å². The minimum atomic E-state index is -0.226. The first-order valence-corrected chi connectivity index (χ1v) is 10.6. The molecule has 0 spiro atoms. The summed E-state index contributed by atoms with van der Waals surface area (Å²) in [4.78, 5) is 14.8. The number of ether oxygens (including phenoxy) is 1. The second-order valence-electron chi connectivity index (χ2n) is 2.06. The zero-order chi connectivity index (χ0) is 10.3. The number of amidine groups is 1. The van der Waals surface area contributed by atoms with Gasteiger partial charge in [-0.25, -0.2) is 4.79 Å². The Bertz CT molecular complexity index is 201. The molecule has 0 radical (unpaired) electrons. The highest BCUT2D eigenvalue weighted by Crippen LogP contribution is 2.13. The van der Waals surface area contributed by atoms with Gasteiger partial charge in [-0.1, -0.05) is 11.8 Å². The van der Waals surface area contributed by atoms with Crippen LogP contribution in [0.3, 0.4) is 0 Å². The topological polar surface area (TPSA) is 50.7 Å². The largest absolute Gasteiger partial charge is 0.467 e. The summed E-state index contributed by atoms with van der Waals surface area (Å²) in [6.45, 7) is 0. The number of hydrogen-bond acceptors (Lipinski definition) is 4. The lowest BCUT2D eigenvalue weighted by atomic mass is 10.3. The van der Waals surface area contributed by atoms with Crippen molar-refractivity contribution in [2.75, 3.05) is 19.9 Å². The number of carbonyl (C=O) groups is 1. The smallest absolute Gasteiger partial charge is 0.329 e. The van der Waals surface area contributed by atoms with Crippen LogP contribution in [0, 0.1) is 0 Å². The molecule has 1 unspecified atom stereocenters. The zero-order valence-corrected chi connectivity index (χ0v) is 12.3. The van der Waals surface area contributed by atoms with Gasteiger partial charge in [-0.2, -0.15) is 0 Å². The van der Waals surface area contributed by atoms with E-state index in [1.165, 1.54) is 18.9 Å². The van der Waals surface area contributed by atoms with Gasteiger partial charge in [0.1, 0.15) is 6.04 Å². The van der Waals surface area contributed by atoms with Crippen LogP contribution in [0.1, 0.15) is 0 Å². The van der Waals surface area contributed by atoms with Crippen molar-refractivity contribution in [3.8, 4) is 0 Å². The number of nitrogens with zero attached hydrogens (tertiary/aromatic N) is 1. The SMILES string of the molecule is CN=C1NC(C(=O)OC)CS1.II. The molecular weight excluding hydrogens is 418 g/mol. The first-order chi connectivity index (χ1) is 6.27. The van der Waals surface area contributed by atoms with Crippen LogP contribution in [-0.2, 0) is 9.53 Å². The Morgan fingerprint density at radius 1 is 1.77 bits per heavy atom. The molecule has 1 saturated heterocycles. The molecule has 13 heavy (non-hydrogen) atoms. The van der Waals surface area contributed by atoms with Gasteiger partial charge in [0.15, 0.2) is 5.17 Å². The first-order valence-electron chi connectivity index (χ1n) is 3.36. The van der Waals surface area contributed by atoms with Crippen molar-refractivity contribution < 1.29 is 9.53 Å². The predicted octanol–water partition coefficient (Wildman–Crippen LogP) is 1.62. The Morgan fingerprint density at radius 2 is 2.38 bits per heavy atom. The molecule has 1 heterocycles. The molecule has 1 atom stereocenters. The molecular formula is C6H10I2N2O2S. The number of rotatable bonds is 1. The van der Waals surface area contributed by atoms with Gasteiger partial charge >= 0.3 is 5.97 Å². The standard InChI is InChI=1S/C6H10N2O2S.I2/c1-7-6-8-4(3-11-6)5(9)10-2;1-2/h4H,3H2,1-2H3,(H,7,8);. The number of hydrogen-bond donors (Lipinski definition) is 1. The molecule has 0 amide bonds. The van der Waals surface area contributed by atoms with Crippen LogP contribution in [0.25, 0.3) is 0 Å². The lowest BCUT2D eigenvalue weighted by Crippen LogP contribution is -2.35. The maximum Gasteiger partial charge on any atom is 0.329 e. The molecule has 76 valence electrons. The molecule has 0 aromatic heterocycles. The molecule has 1 N–H and O–H groups in total. The number of methoxy groups -OCH3 is 1. The molecule has 1 rings (SSSR count). The summed E-state index contributed by atoms with van der Waals surface area (Å²) in [5.41, 5.74) is 0. The van der Waals surface area contributed by atoms with Gasteiger partial charge in [0.05, 0.1) is 7.11 Å². The monoisotopic (exact) mass is 428 g/mol. The van der Waals surface area contributed by atoms with Crippen LogP contribution >= 0.6 is 49.0 Å². The van der Waals surface area contributed by atoms with Gasteiger partial charge in [0.2, 0.25) is 0 Å². The molecule has 1 aliphatic rings.